The molecule has 0 aromatic heterocycles. The van der Waals surface area contributed by atoms with E-state index in [9.17, 15) is 43.5 Å². The van der Waals surface area contributed by atoms with Crippen LogP contribution in [-0.2, 0) is 55.8 Å². The fourth-order valence-corrected chi connectivity index (χ4v) is 14.2. The molecule has 0 rings (SSSR count). The number of phosphoric acid groups is 2. The molecule has 0 aliphatic heterocycles. The molecule has 0 saturated carbocycles. The van der Waals surface area contributed by atoms with E-state index in [0.29, 0.717) is 19.3 Å². The van der Waals surface area contributed by atoms with Crippen molar-refractivity contribution in [3.63, 3.8) is 0 Å². The summed E-state index contributed by atoms with van der Waals surface area (Å²) >= 11 is 0. The van der Waals surface area contributed by atoms with Crippen LogP contribution in [0.15, 0.2) is 158 Å². The predicted octanol–water partition coefficient (Wildman–Crippen LogP) is 28.9. The van der Waals surface area contributed by atoms with Crippen molar-refractivity contribution in [3.8, 4) is 0 Å². The zero-order valence-corrected chi connectivity index (χ0v) is 75.9. The van der Waals surface area contributed by atoms with E-state index in [4.69, 9.17) is 32.3 Å². The van der Waals surface area contributed by atoms with Gasteiger partial charge < -0.3 is 34.2 Å². The van der Waals surface area contributed by atoms with Gasteiger partial charge >= 0.3 is 33.6 Å². The summed E-state index contributed by atoms with van der Waals surface area (Å²) in [6.07, 6.45) is 116. The first-order valence-electron chi connectivity index (χ1n) is 46.8. The van der Waals surface area contributed by atoms with Gasteiger partial charge in [0.15, 0.2) is 6.10 Å². The number of phosphoric ester groups is 2. The van der Waals surface area contributed by atoms with Gasteiger partial charge in [0.05, 0.1) is 26.4 Å². The molecule has 4 N–H and O–H groups in total. The van der Waals surface area contributed by atoms with Crippen LogP contribution in [0.3, 0.4) is 0 Å². The Morgan fingerprint density at radius 1 is 0.248 bits per heavy atom. The molecule has 0 aromatic carbocycles. The summed E-state index contributed by atoms with van der Waals surface area (Å²) in [5, 5.41) is 20.7. The quantitative estimate of drug-likeness (QED) is 0.0146. The van der Waals surface area contributed by atoms with E-state index < -0.39 is 91.5 Å². The van der Waals surface area contributed by atoms with Crippen LogP contribution in [0.4, 0.5) is 0 Å². The van der Waals surface area contributed by atoms with Crippen molar-refractivity contribution in [2.24, 2.45) is 0 Å². The molecule has 0 heterocycles. The first-order valence-corrected chi connectivity index (χ1v) is 49.8. The Balaban J connectivity index is 4.54. The minimum absolute atomic E-state index is 0.0790. The van der Waals surface area contributed by atoms with Gasteiger partial charge in [-0.2, -0.15) is 0 Å². The Hall–Kier alpha value is -4.83. The average molecular weight is 1680 g/mol. The van der Waals surface area contributed by atoms with Crippen LogP contribution < -0.4 is 0 Å². The summed E-state index contributed by atoms with van der Waals surface area (Å²) in [5.41, 5.74) is 0. The van der Waals surface area contributed by atoms with Crippen LogP contribution in [0.25, 0.3) is 0 Å². The normalized spacial score (nSPS) is 14.5. The monoisotopic (exact) mass is 1680 g/mol. The van der Waals surface area contributed by atoms with Crippen LogP contribution in [-0.4, -0.2) is 95.9 Å². The number of esters is 3. The first kappa shape index (κ1) is 112. The Kier molecular flexibility index (Phi) is 86.7. The summed E-state index contributed by atoms with van der Waals surface area (Å²) in [6.45, 7) is 2.53. The number of carbonyl (C=O) groups excluding carboxylic acids is 3. The highest BCUT2D eigenvalue weighted by Gasteiger charge is 2.29. The van der Waals surface area contributed by atoms with Gasteiger partial charge in [-0.15, -0.1) is 0 Å². The zero-order chi connectivity index (χ0) is 85.1. The smallest absolute Gasteiger partial charge is 0.463 e. The lowest BCUT2D eigenvalue weighted by Gasteiger charge is -2.21. The van der Waals surface area contributed by atoms with Crippen LogP contribution in [0.5, 0.6) is 0 Å². The Morgan fingerprint density at radius 3 is 0.718 bits per heavy atom. The first-order chi connectivity index (χ1) is 57.2. The molecule has 672 valence electrons. The summed E-state index contributed by atoms with van der Waals surface area (Å²) in [4.78, 5) is 59.0. The molecule has 117 heavy (non-hydrogen) atoms. The third kappa shape index (κ3) is 91.7. The van der Waals surface area contributed by atoms with E-state index in [1.807, 2.05) is 0 Å². The van der Waals surface area contributed by atoms with Gasteiger partial charge in [-0.25, -0.2) is 9.13 Å². The maximum atomic E-state index is 13.1. The van der Waals surface area contributed by atoms with Gasteiger partial charge in [0.2, 0.25) is 0 Å². The lowest BCUT2D eigenvalue weighted by Crippen LogP contribution is -2.30. The molecule has 0 aromatic rings. The summed E-state index contributed by atoms with van der Waals surface area (Å²) in [5.74, 6) is -1.59. The molecule has 5 atom stereocenters. The molecular weight excluding hydrogens is 1510 g/mol. The van der Waals surface area contributed by atoms with Crippen LogP contribution in [0.2, 0.25) is 0 Å². The third-order valence-electron chi connectivity index (χ3n) is 19.7. The van der Waals surface area contributed by atoms with Gasteiger partial charge in [0, 0.05) is 19.3 Å². The Morgan fingerprint density at radius 2 is 0.453 bits per heavy atom. The maximum Gasteiger partial charge on any atom is 0.472 e. The zero-order valence-electron chi connectivity index (χ0n) is 74.1. The van der Waals surface area contributed by atoms with E-state index in [1.165, 1.54) is 173 Å². The minimum atomic E-state index is -4.95. The van der Waals surface area contributed by atoms with E-state index in [0.717, 1.165) is 161 Å². The van der Waals surface area contributed by atoms with Gasteiger partial charge in [0.25, 0.3) is 0 Å². The number of ether oxygens (including phenoxy) is 3. The number of hydrogen-bond acceptors (Lipinski definition) is 14. The summed E-state index contributed by atoms with van der Waals surface area (Å²) in [6, 6.07) is 0. The second-order valence-electron chi connectivity index (χ2n) is 31.1. The van der Waals surface area contributed by atoms with Gasteiger partial charge in [0.1, 0.15) is 25.4 Å². The van der Waals surface area contributed by atoms with Crippen molar-refractivity contribution in [2.75, 3.05) is 39.6 Å². The molecule has 0 amide bonds. The highest BCUT2D eigenvalue weighted by Crippen LogP contribution is 2.45. The maximum absolute atomic E-state index is 13.1. The van der Waals surface area contributed by atoms with E-state index in [2.05, 4.69) is 179 Å². The van der Waals surface area contributed by atoms with Gasteiger partial charge in [-0.3, -0.25) is 32.5 Å². The van der Waals surface area contributed by atoms with Crippen molar-refractivity contribution >= 4 is 33.6 Å². The molecule has 16 nitrogen and oxygen atoms in total. The molecule has 18 heteroatoms. The average Bonchev–Trinajstić information content (AvgIpc) is 0.900. The molecule has 0 aliphatic carbocycles. The summed E-state index contributed by atoms with van der Waals surface area (Å²) in [7, 11) is -9.82. The van der Waals surface area contributed by atoms with E-state index >= 15 is 0 Å². The largest absolute Gasteiger partial charge is 0.472 e. The van der Waals surface area contributed by atoms with E-state index in [1.54, 1.807) is 0 Å². The molecule has 0 aliphatic rings. The number of unbranched alkanes of at least 4 members (excludes halogenated alkanes) is 39. The highest BCUT2D eigenvalue weighted by molar-refractivity contribution is 7.47. The molecule has 0 saturated heterocycles. The van der Waals surface area contributed by atoms with Gasteiger partial charge in [-0.05, 0) is 154 Å². The second kappa shape index (κ2) is 90.4. The molecule has 0 bridgehead atoms. The SMILES string of the molecule is CC/C=C\C/C=C\C/C=C\C/C=C\C/C=C\CCCCCCCCCCCCCCCCCCCCCC(=O)OCC(O)COP(=O)(O)OCC(O)COP(=O)(O)OCC(COC(=O)CCCCCCCCCCC/C=C\C/C=C\C/C=C\C/C=C\CCCCC)OC(=O)CCCCCCC/C=C\C/C=C\C/C=C\C/C=C\CCCCC. The van der Waals surface area contributed by atoms with Crippen LogP contribution in [0, 0.1) is 0 Å². The van der Waals surface area contributed by atoms with Crippen LogP contribution >= 0.6 is 15.6 Å². The molecule has 0 spiro atoms. The second-order valence-corrected chi connectivity index (χ2v) is 34.0. The lowest BCUT2D eigenvalue weighted by atomic mass is 10.0. The van der Waals surface area contributed by atoms with Crippen molar-refractivity contribution in [2.45, 2.75) is 411 Å². The Labute approximate surface area is 714 Å². The minimum Gasteiger partial charge on any atom is -0.463 e. The molecular formula is C99H170O16P2. The number of rotatable bonds is 88. The molecule has 5 unspecified atom stereocenters. The number of aliphatic hydroxyl groups excluding tert-OH is 2. The molecule has 0 fully saturated rings. The standard InChI is InChI=1S/C99H170O16P2/c1-4-7-10-13-16-19-22-25-28-31-34-37-39-41-42-43-44-45-46-47-48-49-50-52-54-56-58-61-64-67-70-73-76-79-82-85-97(102)109-88-94(100)89-111-116(105,106)112-90-95(101)91-113-117(107,108)114-93-96(115-99(104)87-84-81-78-75-72-69-66-63-60-55-36-33-30-27-24-21-18-15-12-9-6-3)92-110-98(103)86-83-80-77-74-71-68-65-62-59-57-53-51-40-38-35-32-29-26-23-20-17-14-11-8-5-2/h7,10,16-21,25-30,34-38,41-42,51,53,55,63,66,94-96,100-101H,4-6,8-9,11-15,22-24,31-33,39-40,43-50,52,54,56-62,64-65,67-93H2,1-3H3,(H,105,106)(H,107,108)/b10-7-,19-16-,20-17-,21-18-,28-25-,29-26-,30-27-,37-34-,38-35-,42-41-,53-51-,55-36-,66-63-. The number of hydrogen-bond donors (Lipinski definition) is 4. The third-order valence-corrected chi connectivity index (χ3v) is 21.6. The number of allylic oxidation sites excluding steroid dienone is 26. The fraction of sp³-hybridized carbons (Fsp3) is 0.707. The van der Waals surface area contributed by atoms with Crippen molar-refractivity contribution < 1.29 is 75.8 Å². The summed E-state index contributed by atoms with van der Waals surface area (Å²) < 4.78 is 61.5. The van der Waals surface area contributed by atoms with Crippen molar-refractivity contribution in [1.29, 1.82) is 0 Å². The predicted molar refractivity (Wildman–Crippen MR) is 491 cm³/mol. The Bertz CT molecular complexity index is 2760. The van der Waals surface area contributed by atoms with Crippen molar-refractivity contribution in [3.05, 3.63) is 158 Å². The van der Waals surface area contributed by atoms with Crippen LogP contribution in [0.1, 0.15) is 393 Å². The van der Waals surface area contributed by atoms with Crippen molar-refractivity contribution in [1.82, 2.24) is 0 Å². The highest BCUT2D eigenvalue weighted by atomic mass is 31.2. The van der Waals surface area contributed by atoms with E-state index in [-0.39, 0.29) is 19.3 Å². The van der Waals surface area contributed by atoms with Gasteiger partial charge in [-0.1, -0.05) is 378 Å². The number of aliphatic hydroxyl groups is 2. The topological polar surface area (TPSA) is 231 Å². The molecule has 0 radical (unpaired) electrons. The number of carbonyl (C=O) groups is 3. The fourth-order valence-electron chi connectivity index (χ4n) is 12.6. The lowest BCUT2D eigenvalue weighted by molar-refractivity contribution is -0.161.